The Morgan fingerprint density at radius 1 is 1.20 bits per heavy atom. The Labute approximate surface area is 148 Å². The summed E-state index contributed by atoms with van der Waals surface area (Å²) < 4.78 is 5.00. The normalized spacial score (nSPS) is 11.7. The van der Waals surface area contributed by atoms with Crippen molar-refractivity contribution in [2.24, 2.45) is 0 Å². The van der Waals surface area contributed by atoms with Crippen molar-refractivity contribution in [2.75, 3.05) is 5.32 Å². The van der Waals surface area contributed by atoms with Crippen LogP contribution < -0.4 is 10.6 Å². The molecule has 0 bridgehead atoms. The zero-order valence-electron chi connectivity index (χ0n) is 13.6. The first-order valence-electron chi connectivity index (χ1n) is 7.75. The molecule has 6 nitrogen and oxygen atoms in total. The molecule has 0 spiro atoms. The van der Waals surface area contributed by atoms with Crippen molar-refractivity contribution in [3.63, 3.8) is 0 Å². The van der Waals surface area contributed by atoms with Gasteiger partial charge in [-0.2, -0.15) is 0 Å². The Kier molecular flexibility index (Phi) is 5.25. The van der Waals surface area contributed by atoms with Crippen molar-refractivity contribution >= 4 is 28.3 Å². The van der Waals surface area contributed by atoms with E-state index in [1.54, 1.807) is 19.2 Å². The lowest BCUT2D eigenvalue weighted by atomic mass is 10.1. The van der Waals surface area contributed by atoms with E-state index in [0.717, 1.165) is 11.3 Å². The van der Waals surface area contributed by atoms with Crippen LogP contribution in [0.25, 0.3) is 0 Å². The Balaban J connectivity index is 1.55. The SMILES string of the molecule is CC(NC(=O)c1ccco1)C(=O)Nc1ncc(Cc2ccccc2)s1. The molecule has 2 aromatic heterocycles. The maximum Gasteiger partial charge on any atom is 0.287 e. The second kappa shape index (κ2) is 7.76. The minimum absolute atomic E-state index is 0.166. The predicted octanol–water partition coefficient (Wildman–Crippen LogP) is 3.08. The van der Waals surface area contributed by atoms with E-state index in [1.807, 2.05) is 30.3 Å². The summed E-state index contributed by atoms with van der Waals surface area (Å²) in [6.45, 7) is 1.61. The number of hydrogen-bond acceptors (Lipinski definition) is 5. The van der Waals surface area contributed by atoms with Gasteiger partial charge in [-0.15, -0.1) is 11.3 Å². The lowest BCUT2D eigenvalue weighted by molar-refractivity contribution is -0.117. The molecular weight excluding hydrogens is 338 g/mol. The van der Waals surface area contributed by atoms with Crippen molar-refractivity contribution < 1.29 is 14.0 Å². The molecule has 128 valence electrons. The number of amides is 2. The van der Waals surface area contributed by atoms with Crippen LogP contribution in [0.2, 0.25) is 0 Å². The van der Waals surface area contributed by atoms with Gasteiger partial charge in [-0.05, 0) is 24.6 Å². The van der Waals surface area contributed by atoms with E-state index < -0.39 is 11.9 Å². The molecule has 0 saturated heterocycles. The molecule has 3 rings (SSSR count). The number of benzene rings is 1. The third-order valence-electron chi connectivity index (χ3n) is 3.49. The number of nitrogens with zero attached hydrogens (tertiary/aromatic N) is 1. The molecule has 0 radical (unpaired) electrons. The molecular formula is C18H17N3O3S. The summed E-state index contributed by atoms with van der Waals surface area (Å²) in [4.78, 5) is 29.3. The maximum absolute atomic E-state index is 12.2. The summed E-state index contributed by atoms with van der Waals surface area (Å²) in [5.41, 5.74) is 1.18. The molecule has 25 heavy (non-hydrogen) atoms. The van der Waals surface area contributed by atoms with Gasteiger partial charge in [0.2, 0.25) is 5.91 Å². The monoisotopic (exact) mass is 355 g/mol. The van der Waals surface area contributed by atoms with Crippen LogP contribution in [0.3, 0.4) is 0 Å². The first-order valence-corrected chi connectivity index (χ1v) is 8.57. The molecule has 0 aliphatic rings. The van der Waals surface area contributed by atoms with E-state index in [2.05, 4.69) is 15.6 Å². The van der Waals surface area contributed by atoms with Crippen LogP contribution in [0.5, 0.6) is 0 Å². The summed E-state index contributed by atoms with van der Waals surface area (Å²) in [6, 6.07) is 12.5. The van der Waals surface area contributed by atoms with Crippen molar-refractivity contribution in [3.8, 4) is 0 Å². The Morgan fingerprint density at radius 2 is 2.00 bits per heavy atom. The average Bonchev–Trinajstić information content (AvgIpc) is 3.28. The number of rotatable bonds is 6. The molecule has 2 heterocycles. The molecule has 7 heteroatoms. The predicted molar refractivity (Wildman–Crippen MR) is 95.6 cm³/mol. The first-order chi connectivity index (χ1) is 12.1. The summed E-state index contributed by atoms with van der Waals surface area (Å²) in [7, 11) is 0. The second-order valence-corrected chi connectivity index (χ2v) is 6.57. The lowest BCUT2D eigenvalue weighted by Gasteiger charge is -2.11. The summed E-state index contributed by atoms with van der Waals surface area (Å²) in [5.74, 6) is -0.601. The van der Waals surface area contributed by atoms with E-state index in [-0.39, 0.29) is 11.7 Å². The van der Waals surface area contributed by atoms with E-state index in [9.17, 15) is 9.59 Å². The average molecular weight is 355 g/mol. The number of carbonyl (C=O) groups excluding carboxylic acids is 2. The van der Waals surface area contributed by atoms with E-state index >= 15 is 0 Å². The summed E-state index contributed by atoms with van der Waals surface area (Å²) >= 11 is 1.42. The molecule has 0 saturated carbocycles. The fourth-order valence-electron chi connectivity index (χ4n) is 2.20. The molecule has 1 atom stereocenters. The van der Waals surface area contributed by atoms with Crippen LogP contribution in [0.4, 0.5) is 5.13 Å². The highest BCUT2D eigenvalue weighted by atomic mass is 32.1. The van der Waals surface area contributed by atoms with E-state index in [1.165, 1.54) is 29.2 Å². The van der Waals surface area contributed by atoms with Gasteiger partial charge in [0.05, 0.1) is 6.26 Å². The third kappa shape index (κ3) is 4.54. The highest BCUT2D eigenvalue weighted by Crippen LogP contribution is 2.21. The minimum atomic E-state index is -0.709. The van der Waals surface area contributed by atoms with Crippen LogP contribution in [-0.2, 0) is 11.2 Å². The Hall–Kier alpha value is -2.93. The highest BCUT2D eigenvalue weighted by Gasteiger charge is 2.19. The van der Waals surface area contributed by atoms with Crippen molar-refractivity contribution in [3.05, 3.63) is 71.1 Å². The van der Waals surface area contributed by atoms with Crippen LogP contribution in [0.1, 0.15) is 27.9 Å². The minimum Gasteiger partial charge on any atom is -0.459 e. The number of hydrogen-bond donors (Lipinski definition) is 2. The van der Waals surface area contributed by atoms with E-state index in [4.69, 9.17) is 4.42 Å². The zero-order valence-corrected chi connectivity index (χ0v) is 14.4. The Morgan fingerprint density at radius 3 is 2.72 bits per heavy atom. The molecule has 2 N–H and O–H groups in total. The summed E-state index contributed by atoms with van der Waals surface area (Å²) in [5, 5.41) is 5.81. The quantitative estimate of drug-likeness (QED) is 0.712. The first kappa shape index (κ1) is 16.9. The van der Waals surface area contributed by atoms with Crippen LogP contribution in [0.15, 0.2) is 59.3 Å². The fraction of sp³-hybridized carbons (Fsp3) is 0.167. The van der Waals surface area contributed by atoms with Crippen molar-refractivity contribution in [1.82, 2.24) is 10.3 Å². The molecule has 3 aromatic rings. The molecule has 2 amide bonds. The van der Waals surface area contributed by atoms with Gasteiger partial charge in [0.15, 0.2) is 10.9 Å². The second-order valence-electron chi connectivity index (χ2n) is 5.46. The Bertz CT molecular complexity index is 844. The van der Waals surface area contributed by atoms with E-state index in [0.29, 0.717) is 5.13 Å². The van der Waals surface area contributed by atoms with Gasteiger partial charge in [0.1, 0.15) is 6.04 Å². The van der Waals surface area contributed by atoms with Gasteiger partial charge in [-0.1, -0.05) is 30.3 Å². The zero-order chi connectivity index (χ0) is 17.6. The van der Waals surface area contributed by atoms with Gasteiger partial charge >= 0.3 is 0 Å². The van der Waals surface area contributed by atoms with Gasteiger partial charge in [-0.25, -0.2) is 4.98 Å². The standard InChI is InChI=1S/C18H17N3O3S/c1-12(20-17(23)15-8-5-9-24-15)16(22)21-18-19-11-14(25-18)10-13-6-3-2-4-7-13/h2-9,11-12H,10H2,1H3,(H,20,23)(H,19,21,22). The number of furan rings is 1. The highest BCUT2D eigenvalue weighted by molar-refractivity contribution is 7.15. The molecule has 0 aliphatic carbocycles. The molecule has 1 unspecified atom stereocenters. The topological polar surface area (TPSA) is 84.2 Å². The van der Waals surface area contributed by atoms with Gasteiger partial charge in [0, 0.05) is 17.5 Å². The number of nitrogens with one attached hydrogen (secondary N) is 2. The summed E-state index contributed by atoms with van der Waals surface area (Å²) in [6.07, 6.45) is 3.92. The number of aromatic nitrogens is 1. The number of anilines is 1. The van der Waals surface area contributed by atoms with Gasteiger partial charge in [0.25, 0.3) is 5.91 Å². The van der Waals surface area contributed by atoms with Crippen molar-refractivity contribution in [2.45, 2.75) is 19.4 Å². The lowest BCUT2D eigenvalue weighted by Crippen LogP contribution is -2.41. The smallest absolute Gasteiger partial charge is 0.287 e. The van der Waals surface area contributed by atoms with Gasteiger partial charge < -0.3 is 15.1 Å². The number of thiazole rings is 1. The molecule has 0 fully saturated rings. The van der Waals surface area contributed by atoms with Crippen molar-refractivity contribution in [1.29, 1.82) is 0 Å². The molecule has 0 aliphatic heterocycles. The third-order valence-corrected chi connectivity index (χ3v) is 4.40. The maximum atomic E-state index is 12.2. The van der Waals surface area contributed by atoms with Crippen LogP contribution in [-0.4, -0.2) is 22.8 Å². The number of carbonyl (C=O) groups is 2. The molecule has 1 aromatic carbocycles. The van der Waals surface area contributed by atoms with Crippen LogP contribution in [0, 0.1) is 0 Å². The van der Waals surface area contributed by atoms with Gasteiger partial charge in [-0.3, -0.25) is 9.59 Å². The largest absolute Gasteiger partial charge is 0.459 e. The fourth-order valence-corrected chi connectivity index (χ4v) is 3.05. The van der Waals surface area contributed by atoms with Crippen LogP contribution >= 0.6 is 11.3 Å².